The van der Waals surface area contributed by atoms with E-state index < -0.39 is 30.4 Å². The predicted molar refractivity (Wildman–Crippen MR) is 59.2 cm³/mol. The van der Waals surface area contributed by atoms with E-state index in [1.54, 1.807) is 4.90 Å². The number of nitrogens with zero attached hydrogens (tertiary/aromatic N) is 1. The monoisotopic (exact) mass is 243 g/mol. The summed E-state index contributed by atoms with van der Waals surface area (Å²) in [6.07, 6.45) is 1.48. The van der Waals surface area contributed by atoms with E-state index in [1.807, 2.05) is 6.92 Å². The lowest BCUT2D eigenvalue weighted by Crippen LogP contribution is -2.49. The van der Waals surface area contributed by atoms with Gasteiger partial charge in [0.25, 0.3) is 0 Å². The fourth-order valence-electron chi connectivity index (χ4n) is 1.59. The Morgan fingerprint density at radius 2 is 2.06 bits per heavy atom. The summed E-state index contributed by atoms with van der Waals surface area (Å²) in [6, 6.07) is -1.51. The van der Waals surface area contributed by atoms with Gasteiger partial charge in [-0.15, -0.1) is 0 Å². The lowest BCUT2D eigenvalue weighted by Gasteiger charge is -2.23. The molecule has 0 spiro atoms. The number of carbonyl (C=O) groups is 3. The molecule has 3 amide bonds. The minimum atomic E-state index is -1.26. The molecule has 1 unspecified atom stereocenters. The van der Waals surface area contributed by atoms with Crippen molar-refractivity contribution >= 4 is 17.9 Å². The number of carboxylic acids is 1. The topological polar surface area (TPSA) is 113 Å². The third kappa shape index (κ3) is 3.93. The highest BCUT2D eigenvalue weighted by Crippen LogP contribution is 2.26. The number of nitrogens with one attached hydrogen (secondary N) is 1. The van der Waals surface area contributed by atoms with Crippen molar-refractivity contribution in [3.05, 3.63) is 0 Å². The second kappa shape index (κ2) is 5.51. The first-order chi connectivity index (χ1) is 7.95. The molecule has 0 aromatic rings. The average molecular weight is 243 g/mol. The summed E-state index contributed by atoms with van der Waals surface area (Å²) in [7, 11) is 0. The predicted octanol–water partition coefficient (Wildman–Crippen LogP) is -0.491. The molecule has 96 valence electrons. The summed E-state index contributed by atoms with van der Waals surface area (Å²) >= 11 is 0. The SMILES string of the molecule is CCN(C(=O)NC(CC(N)=O)C(=O)O)C1CC1. The molecule has 0 aromatic carbocycles. The van der Waals surface area contributed by atoms with Gasteiger partial charge in [-0.1, -0.05) is 0 Å². The van der Waals surface area contributed by atoms with Crippen LogP contribution in [-0.4, -0.2) is 46.5 Å². The van der Waals surface area contributed by atoms with E-state index in [-0.39, 0.29) is 6.04 Å². The molecule has 0 radical (unpaired) electrons. The molecule has 1 aliphatic rings. The number of aliphatic carboxylic acids is 1. The maximum atomic E-state index is 11.8. The fourth-order valence-corrected chi connectivity index (χ4v) is 1.59. The second-order valence-corrected chi connectivity index (χ2v) is 4.03. The van der Waals surface area contributed by atoms with Crippen LogP contribution in [0.3, 0.4) is 0 Å². The van der Waals surface area contributed by atoms with Gasteiger partial charge in [0.15, 0.2) is 0 Å². The Kier molecular flexibility index (Phi) is 4.30. The molecule has 1 fully saturated rings. The van der Waals surface area contributed by atoms with Crippen molar-refractivity contribution in [2.75, 3.05) is 6.54 Å². The number of rotatable bonds is 6. The van der Waals surface area contributed by atoms with Crippen LogP contribution in [0.15, 0.2) is 0 Å². The van der Waals surface area contributed by atoms with Crippen molar-refractivity contribution in [3.8, 4) is 0 Å². The smallest absolute Gasteiger partial charge is 0.326 e. The zero-order valence-electron chi connectivity index (χ0n) is 9.68. The highest BCUT2D eigenvalue weighted by molar-refractivity contribution is 5.87. The van der Waals surface area contributed by atoms with Gasteiger partial charge in [0.1, 0.15) is 6.04 Å². The third-order valence-corrected chi connectivity index (χ3v) is 2.59. The summed E-state index contributed by atoms with van der Waals surface area (Å²) in [5.74, 6) is -2.02. The fraction of sp³-hybridized carbons (Fsp3) is 0.700. The van der Waals surface area contributed by atoms with Crippen LogP contribution < -0.4 is 11.1 Å². The van der Waals surface area contributed by atoms with E-state index >= 15 is 0 Å². The Balaban J connectivity index is 2.55. The van der Waals surface area contributed by atoms with Crippen LogP contribution in [0.5, 0.6) is 0 Å². The van der Waals surface area contributed by atoms with Crippen LogP contribution in [0, 0.1) is 0 Å². The number of nitrogens with two attached hydrogens (primary N) is 1. The first-order valence-electron chi connectivity index (χ1n) is 5.54. The van der Waals surface area contributed by atoms with Gasteiger partial charge in [0.2, 0.25) is 5.91 Å². The highest BCUT2D eigenvalue weighted by atomic mass is 16.4. The number of carbonyl (C=O) groups excluding carboxylic acids is 2. The van der Waals surface area contributed by atoms with Gasteiger partial charge in [0.05, 0.1) is 6.42 Å². The average Bonchev–Trinajstić information content (AvgIpc) is 3.01. The van der Waals surface area contributed by atoms with Crippen LogP contribution in [0.25, 0.3) is 0 Å². The van der Waals surface area contributed by atoms with E-state index in [9.17, 15) is 14.4 Å². The Bertz CT molecular complexity index is 328. The molecule has 0 saturated heterocycles. The van der Waals surface area contributed by atoms with Gasteiger partial charge in [-0.25, -0.2) is 9.59 Å². The molecule has 0 aromatic heterocycles. The van der Waals surface area contributed by atoms with Crippen molar-refractivity contribution < 1.29 is 19.5 Å². The van der Waals surface area contributed by atoms with Gasteiger partial charge >= 0.3 is 12.0 Å². The van der Waals surface area contributed by atoms with Gasteiger partial charge in [-0.3, -0.25) is 4.79 Å². The standard InChI is InChI=1S/C10H17N3O4/c1-2-13(6-3-4-6)10(17)12-7(9(15)16)5-8(11)14/h6-7H,2-5H2,1H3,(H2,11,14)(H,12,17)(H,15,16). The molecule has 0 aliphatic heterocycles. The van der Waals surface area contributed by atoms with E-state index in [0.717, 1.165) is 12.8 Å². The summed E-state index contributed by atoms with van der Waals surface area (Å²) < 4.78 is 0. The number of hydrogen-bond acceptors (Lipinski definition) is 3. The first-order valence-corrected chi connectivity index (χ1v) is 5.54. The molecule has 1 atom stereocenters. The van der Waals surface area contributed by atoms with E-state index in [4.69, 9.17) is 10.8 Å². The van der Waals surface area contributed by atoms with E-state index in [2.05, 4.69) is 5.32 Å². The van der Waals surface area contributed by atoms with Gasteiger partial charge in [-0.2, -0.15) is 0 Å². The Morgan fingerprint density at radius 1 is 1.47 bits per heavy atom. The number of carboxylic acid groups (broad SMARTS) is 1. The largest absolute Gasteiger partial charge is 0.480 e. The zero-order valence-corrected chi connectivity index (χ0v) is 9.68. The van der Waals surface area contributed by atoms with Crippen LogP contribution in [0.2, 0.25) is 0 Å². The summed E-state index contributed by atoms with van der Waals surface area (Å²) in [4.78, 5) is 34.8. The molecule has 17 heavy (non-hydrogen) atoms. The molecule has 0 bridgehead atoms. The van der Waals surface area contributed by atoms with Crippen LogP contribution in [-0.2, 0) is 9.59 Å². The molecule has 1 aliphatic carbocycles. The lowest BCUT2D eigenvalue weighted by atomic mass is 10.2. The van der Waals surface area contributed by atoms with Crippen LogP contribution >= 0.6 is 0 Å². The Labute approximate surface area is 98.9 Å². The van der Waals surface area contributed by atoms with Gasteiger partial charge in [0, 0.05) is 12.6 Å². The molecule has 1 rings (SSSR count). The number of amides is 3. The normalized spacial score (nSPS) is 16.1. The minimum Gasteiger partial charge on any atom is -0.480 e. The molecule has 7 heteroatoms. The number of primary amides is 1. The lowest BCUT2D eigenvalue weighted by molar-refractivity contribution is -0.141. The second-order valence-electron chi connectivity index (χ2n) is 4.03. The highest BCUT2D eigenvalue weighted by Gasteiger charge is 2.33. The van der Waals surface area contributed by atoms with Crippen molar-refractivity contribution in [3.63, 3.8) is 0 Å². The Morgan fingerprint density at radius 3 is 2.41 bits per heavy atom. The molecular weight excluding hydrogens is 226 g/mol. The summed E-state index contributed by atoms with van der Waals surface area (Å²) in [6.45, 7) is 2.33. The van der Waals surface area contributed by atoms with Crippen molar-refractivity contribution in [1.82, 2.24) is 10.2 Å². The number of hydrogen-bond donors (Lipinski definition) is 3. The van der Waals surface area contributed by atoms with Crippen molar-refractivity contribution in [2.45, 2.75) is 38.3 Å². The summed E-state index contributed by atoms with van der Waals surface area (Å²) in [5.41, 5.74) is 4.92. The molecule has 4 N–H and O–H groups in total. The minimum absolute atomic E-state index is 0.197. The van der Waals surface area contributed by atoms with E-state index in [0.29, 0.717) is 6.54 Å². The molecular formula is C10H17N3O4. The third-order valence-electron chi connectivity index (χ3n) is 2.59. The maximum absolute atomic E-state index is 11.8. The van der Waals surface area contributed by atoms with Gasteiger partial charge < -0.3 is 21.1 Å². The molecule has 0 heterocycles. The first kappa shape index (κ1) is 13.3. The maximum Gasteiger partial charge on any atom is 0.326 e. The van der Waals surface area contributed by atoms with Gasteiger partial charge in [-0.05, 0) is 19.8 Å². The molecule has 7 nitrogen and oxygen atoms in total. The van der Waals surface area contributed by atoms with Crippen molar-refractivity contribution in [2.24, 2.45) is 5.73 Å². The zero-order chi connectivity index (χ0) is 13.0. The Hall–Kier alpha value is -1.79. The van der Waals surface area contributed by atoms with Crippen molar-refractivity contribution in [1.29, 1.82) is 0 Å². The van der Waals surface area contributed by atoms with Crippen LogP contribution in [0.1, 0.15) is 26.2 Å². The quantitative estimate of drug-likeness (QED) is 0.584. The summed E-state index contributed by atoms with van der Waals surface area (Å²) in [5, 5.41) is 11.1. The molecule has 1 saturated carbocycles. The van der Waals surface area contributed by atoms with Crippen LogP contribution in [0.4, 0.5) is 4.79 Å². The number of urea groups is 1. The van der Waals surface area contributed by atoms with E-state index in [1.165, 1.54) is 0 Å².